The van der Waals surface area contributed by atoms with E-state index in [4.69, 9.17) is 15.2 Å². The predicted octanol–water partition coefficient (Wildman–Crippen LogP) is 1.39. The van der Waals surface area contributed by atoms with E-state index < -0.39 is 53.0 Å². The SMILES string of the molecule is COC(=O)C1=C(C(=O)OC)N(c2cc(S(C)(=O)=O)cc(S(C)(=O)=O)c2)C(N)=C(C#N)C1c1ccccc1. The summed E-state index contributed by atoms with van der Waals surface area (Å²) in [5.74, 6) is -3.53. The van der Waals surface area contributed by atoms with Crippen molar-refractivity contribution in [1.82, 2.24) is 0 Å². The second-order valence-electron chi connectivity index (χ2n) is 8.04. The van der Waals surface area contributed by atoms with Gasteiger partial charge < -0.3 is 15.2 Å². The normalized spacial score (nSPS) is 16.3. The predicted molar refractivity (Wildman–Crippen MR) is 132 cm³/mol. The number of methoxy groups -OCH3 is 2. The van der Waals surface area contributed by atoms with Crippen LogP contribution in [-0.4, -0.2) is 55.5 Å². The molecule has 0 amide bonds. The van der Waals surface area contributed by atoms with Gasteiger partial charge >= 0.3 is 11.9 Å². The average molecular weight is 546 g/mol. The first-order valence-corrected chi connectivity index (χ1v) is 14.2. The van der Waals surface area contributed by atoms with Crippen LogP contribution in [0, 0.1) is 11.3 Å². The molecule has 0 fully saturated rings. The van der Waals surface area contributed by atoms with Crippen LogP contribution < -0.4 is 10.6 Å². The van der Waals surface area contributed by atoms with E-state index in [1.807, 2.05) is 6.07 Å². The smallest absolute Gasteiger partial charge is 0.355 e. The number of carbonyl (C=O) groups is 2. The van der Waals surface area contributed by atoms with Gasteiger partial charge in [0.1, 0.15) is 11.5 Å². The summed E-state index contributed by atoms with van der Waals surface area (Å²) in [7, 11) is -5.77. The number of nitrogens with two attached hydrogens (primary N) is 1. The molecule has 11 nitrogen and oxygen atoms in total. The minimum absolute atomic E-state index is 0.162. The molecule has 0 saturated heterocycles. The maximum atomic E-state index is 13.1. The summed E-state index contributed by atoms with van der Waals surface area (Å²) in [6.07, 6.45) is 1.74. The zero-order valence-electron chi connectivity index (χ0n) is 20.3. The number of rotatable bonds is 6. The Morgan fingerprint density at radius 3 is 1.86 bits per heavy atom. The highest BCUT2D eigenvalue weighted by Crippen LogP contribution is 2.43. The van der Waals surface area contributed by atoms with Gasteiger partial charge in [-0.05, 0) is 23.8 Å². The van der Waals surface area contributed by atoms with E-state index >= 15 is 0 Å². The van der Waals surface area contributed by atoms with Crippen molar-refractivity contribution >= 4 is 37.3 Å². The largest absolute Gasteiger partial charge is 0.466 e. The first-order chi connectivity index (χ1) is 17.3. The minimum atomic E-state index is -3.95. The summed E-state index contributed by atoms with van der Waals surface area (Å²) in [6.45, 7) is 0. The summed E-state index contributed by atoms with van der Waals surface area (Å²) in [5.41, 5.74) is 5.68. The summed E-state index contributed by atoms with van der Waals surface area (Å²) < 4.78 is 59.4. The molecule has 1 aliphatic heterocycles. The number of ether oxygens (including phenoxy) is 2. The molecule has 194 valence electrons. The van der Waals surface area contributed by atoms with Crippen LogP contribution in [0.15, 0.2) is 81.0 Å². The van der Waals surface area contributed by atoms with Gasteiger partial charge in [-0.1, -0.05) is 30.3 Å². The van der Waals surface area contributed by atoms with Crippen LogP contribution in [0.2, 0.25) is 0 Å². The molecule has 0 bridgehead atoms. The average Bonchev–Trinajstić information content (AvgIpc) is 2.86. The lowest BCUT2D eigenvalue weighted by Gasteiger charge is -2.36. The van der Waals surface area contributed by atoms with Crippen LogP contribution in [0.4, 0.5) is 5.69 Å². The van der Waals surface area contributed by atoms with Crippen molar-refractivity contribution in [2.75, 3.05) is 31.6 Å². The van der Waals surface area contributed by atoms with Crippen LogP contribution in [-0.2, 0) is 38.7 Å². The molecule has 3 rings (SSSR count). The van der Waals surface area contributed by atoms with Crippen molar-refractivity contribution in [2.24, 2.45) is 5.73 Å². The van der Waals surface area contributed by atoms with Gasteiger partial charge in [0.25, 0.3) is 0 Å². The van der Waals surface area contributed by atoms with Gasteiger partial charge in [0, 0.05) is 12.5 Å². The molecule has 1 heterocycles. The van der Waals surface area contributed by atoms with Crippen molar-refractivity contribution in [1.29, 1.82) is 5.26 Å². The van der Waals surface area contributed by atoms with Gasteiger partial charge in [-0.25, -0.2) is 26.4 Å². The van der Waals surface area contributed by atoms with E-state index in [9.17, 15) is 31.7 Å². The highest BCUT2D eigenvalue weighted by atomic mass is 32.2. The Morgan fingerprint density at radius 1 is 0.919 bits per heavy atom. The maximum Gasteiger partial charge on any atom is 0.355 e. The second kappa shape index (κ2) is 10.1. The number of benzene rings is 2. The van der Waals surface area contributed by atoms with Crippen molar-refractivity contribution < 1.29 is 35.9 Å². The standard InChI is InChI=1S/C24H23N3O8S2/c1-34-23(28)20-19(14-8-6-5-7-9-14)18(13-25)22(26)27(21(20)24(29)35-2)15-10-16(36(3,30)31)12-17(11-15)37(4,32)33/h5-12,19H,26H2,1-4H3. The van der Waals surface area contributed by atoms with Crippen molar-refractivity contribution in [3.8, 4) is 6.07 Å². The van der Waals surface area contributed by atoms with Crippen molar-refractivity contribution in [2.45, 2.75) is 15.7 Å². The Labute approximate surface area is 214 Å². The fourth-order valence-corrected chi connectivity index (χ4v) is 5.32. The van der Waals surface area contributed by atoms with E-state index in [0.29, 0.717) is 5.56 Å². The molecule has 1 unspecified atom stereocenters. The first-order valence-electron chi connectivity index (χ1n) is 10.5. The molecule has 2 N–H and O–H groups in total. The summed E-state index contributed by atoms with van der Waals surface area (Å²) in [4.78, 5) is 26.4. The fourth-order valence-electron chi connectivity index (χ4n) is 3.90. The number of sulfone groups is 2. The Hall–Kier alpha value is -4.15. The lowest BCUT2D eigenvalue weighted by Crippen LogP contribution is -2.40. The number of nitrogens with zero attached hydrogens (tertiary/aromatic N) is 2. The van der Waals surface area contributed by atoms with Gasteiger partial charge in [0.05, 0.1) is 52.8 Å². The lowest BCUT2D eigenvalue weighted by atomic mass is 9.81. The van der Waals surface area contributed by atoms with Crippen molar-refractivity contribution in [3.05, 3.63) is 76.8 Å². The highest BCUT2D eigenvalue weighted by molar-refractivity contribution is 7.91. The third-order valence-corrected chi connectivity index (χ3v) is 7.77. The molecule has 0 aromatic heterocycles. The number of hydrogen-bond acceptors (Lipinski definition) is 11. The topological polar surface area (TPSA) is 174 Å². The third-order valence-electron chi connectivity index (χ3n) is 5.59. The Kier molecular flexibility index (Phi) is 7.47. The molecule has 1 atom stereocenters. The number of anilines is 1. The molecule has 37 heavy (non-hydrogen) atoms. The van der Waals surface area contributed by atoms with Crippen LogP contribution >= 0.6 is 0 Å². The quantitative estimate of drug-likeness (QED) is 0.519. The number of esters is 2. The first kappa shape index (κ1) is 27.4. The molecular formula is C24H23N3O8S2. The molecule has 13 heteroatoms. The van der Waals surface area contributed by atoms with E-state index in [0.717, 1.165) is 49.8 Å². The summed E-state index contributed by atoms with van der Waals surface area (Å²) in [6, 6.07) is 13.3. The van der Waals surface area contributed by atoms with E-state index in [2.05, 4.69) is 0 Å². The van der Waals surface area contributed by atoms with Gasteiger partial charge in [-0.3, -0.25) is 4.90 Å². The van der Waals surface area contributed by atoms with Gasteiger partial charge in [-0.15, -0.1) is 0 Å². The Bertz CT molecular complexity index is 1550. The van der Waals surface area contributed by atoms with E-state index in [1.165, 1.54) is 0 Å². The van der Waals surface area contributed by atoms with Crippen LogP contribution in [0.5, 0.6) is 0 Å². The van der Waals surface area contributed by atoms with Crippen LogP contribution in [0.25, 0.3) is 0 Å². The molecular weight excluding hydrogens is 522 g/mol. The molecule has 0 spiro atoms. The highest BCUT2D eigenvalue weighted by Gasteiger charge is 2.43. The molecule has 2 aromatic carbocycles. The molecule has 0 radical (unpaired) electrons. The number of carbonyl (C=O) groups excluding carboxylic acids is 2. The monoisotopic (exact) mass is 545 g/mol. The van der Waals surface area contributed by atoms with Crippen molar-refractivity contribution in [3.63, 3.8) is 0 Å². The van der Waals surface area contributed by atoms with Gasteiger partial charge in [0.2, 0.25) is 0 Å². The third kappa shape index (κ3) is 5.20. The van der Waals surface area contributed by atoms with Crippen LogP contribution in [0.1, 0.15) is 11.5 Å². The van der Waals surface area contributed by atoms with Gasteiger partial charge in [-0.2, -0.15) is 5.26 Å². The lowest BCUT2D eigenvalue weighted by molar-refractivity contribution is -0.139. The van der Waals surface area contributed by atoms with Gasteiger partial charge in [0.15, 0.2) is 19.7 Å². The zero-order chi connectivity index (χ0) is 27.7. The Balaban J connectivity index is 2.54. The van der Waals surface area contributed by atoms with E-state index in [-0.39, 0.29) is 22.7 Å². The van der Waals surface area contributed by atoms with Crippen LogP contribution in [0.3, 0.4) is 0 Å². The maximum absolute atomic E-state index is 13.1. The molecule has 2 aromatic rings. The minimum Gasteiger partial charge on any atom is -0.466 e. The summed E-state index contributed by atoms with van der Waals surface area (Å²) >= 11 is 0. The molecule has 1 aliphatic rings. The Morgan fingerprint density at radius 2 is 1.43 bits per heavy atom. The fraction of sp³-hybridized carbons (Fsp3) is 0.208. The molecule has 0 aliphatic carbocycles. The summed E-state index contributed by atoms with van der Waals surface area (Å²) in [5, 5.41) is 10.1. The second-order valence-corrected chi connectivity index (χ2v) is 12.1. The number of hydrogen-bond donors (Lipinski definition) is 1. The molecule has 0 saturated carbocycles. The van der Waals surface area contributed by atoms with E-state index in [1.54, 1.807) is 30.3 Å². The number of nitriles is 1. The zero-order valence-corrected chi connectivity index (χ0v) is 21.9. The number of allylic oxidation sites excluding steroid dienone is 1.